The van der Waals surface area contributed by atoms with Crippen LogP contribution in [0.3, 0.4) is 0 Å². The van der Waals surface area contributed by atoms with Gasteiger partial charge in [-0.05, 0) is 92.9 Å². The van der Waals surface area contributed by atoms with Crippen molar-refractivity contribution in [2.24, 2.45) is 16.3 Å². The van der Waals surface area contributed by atoms with Gasteiger partial charge in [0.15, 0.2) is 11.7 Å². The highest BCUT2D eigenvalue weighted by Gasteiger charge is 2.68. The fourth-order valence-corrected chi connectivity index (χ4v) is 5.35. The summed E-state index contributed by atoms with van der Waals surface area (Å²) in [7, 11) is 0. The SMILES string of the molecule is CC(C)(C)OC(=O)N1CCC[C@H]1C(=O)O.CC(C)(C)OC(=O)N1CCC[C@H]1c1nc(C2(C(F)(F)F)CC2)no1.NC(=NO)C1(C(F)(F)F)CC1. The molecular weight excluding hydrogens is 686 g/mol. The molecule has 2 amide bonds. The first-order valence-corrected chi connectivity index (χ1v) is 16.0. The summed E-state index contributed by atoms with van der Waals surface area (Å²) in [5.74, 6) is -1.98. The quantitative estimate of drug-likeness (QED) is 0.104. The van der Waals surface area contributed by atoms with E-state index in [9.17, 15) is 40.7 Å². The summed E-state index contributed by atoms with van der Waals surface area (Å²) in [5.41, 5.74) is -0.364. The third kappa shape index (κ3) is 9.41. The lowest BCUT2D eigenvalue weighted by Crippen LogP contribution is -2.43. The predicted molar refractivity (Wildman–Crippen MR) is 161 cm³/mol. The minimum Gasteiger partial charge on any atom is -0.480 e. The van der Waals surface area contributed by atoms with Gasteiger partial charge in [0.25, 0.3) is 0 Å². The van der Waals surface area contributed by atoms with Crippen molar-refractivity contribution in [3.8, 4) is 0 Å². The molecule has 50 heavy (non-hydrogen) atoms. The van der Waals surface area contributed by atoms with Crippen molar-refractivity contribution in [3.05, 3.63) is 11.7 Å². The Hall–Kier alpha value is -4.00. The number of carboxylic acid groups (broad SMARTS) is 1. The summed E-state index contributed by atoms with van der Waals surface area (Å²) >= 11 is 0. The average Bonchev–Trinajstić information content (AvgIpc) is 3.75. The van der Waals surface area contributed by atoms with E-state index in [1.807, 2.05) is 0 Å². The number of aromatic nitrogens is 2. The van der Waals surface area contributed by atoms with Crippen molar-refractivity contribution >= 4 is 24.0 Å². The van der Waals surface area contributed by atoms with Crippen LogP contribution >= 0.6 is 0 Å². The van der Waals surface area contributed by atoms with E-state index in [4.69, 9.17) is 30.0 Å². The Kier molecular flexibility index (Phi) is 11.6. The van der Waals surface area contributed by atoms with Crippen molar-refractivity contribution in [1.82, 2.24) is 19.9 Å². The molecule has 0 aromatic carbocycles. The van der Waals surface area contributed by atoms with Crippen LogP contribution in [0.2, 0.25) is 0 Å². The van der Waals surface area contributed by atoms with E-state index in [2.05, 4.69) is 15.3 Å². The van der Waals surface area contributed by atoms with Gasteiger partial charge in [-0.15, -0.1) is 0 Å². The van der Waals surface area contributed by atoms with Crippen molar-refractivity contribution in [3.63, 3.8) is 0 Å². The Morgan fingerprint density at radius 1 is 0.860 bits per heavy atom. The van der Waals surface area contributed by atoms with Crippen molar-refractivity contribution < 1.29 is 65.0 Å². The number of carbonyl (C=O) groups excluding carboxylic acids is 2. The first-order chi connectivity index (χ1) is 22.8. The van der Waals surface area contributed by atoms with Gasteiger partial charge in [0.2, 0.25) is 5.89 Å². The molecule has 2 saturated carbocycles. The third-order valence-corrected chi connectivity index (χ3v) is 8.38. The Balaban J connectivity index is 0.000000222. The van der Waals surface area contributed by atoms with Crippen LogP contribution in [0.25, 0.3) is 0 Å². The molecule has 5 rings (SSSR count). The van der Waals surface area contributed by atoms with Crippen molar-refractivity contribution in [2.45, 2.75) is 134 Å². The Bertz CT molecular complexity index is 1410. The first kappa shape index (κ1) is 40.4. The van der Waals surface area contributed by atoms with Gasteiger partial charge in [0, 0.05) is 13.1 Å². The molecule has 2 atom stereocenters. The highest BCUT2D eigenvalue weighted by molar-refractivity contribution is 5.89. The standard InChI is InChI=1S/C15H20F3N3O3.C10H17NO4.C5H7F3N2O/c1-13(2,3)23-12(22)21-8-4-5-9(21)10-19-11(20-24-10)14(6-7-14)15(16,17)18;1-10(2,3)15-9(14)11-6-4-5-7(11)8(12)13;6-5(7,8)4(1-2-4)3(9)10-11/h9H,4-8H2,1-3H3;7H,4-6H2,1-3H3,(H,12,13);11H,1-2H2,(H2,9,10)/t9-;7-;/m00./s1. The number of rotatable bonds is 4. The van der Waals surface area contributed by atoms with E-state index in [-0.39, 0.29) is 37.4 Å². The fourth-order valence-electron chi connectivity index (χ4n) is 5.35. The molecule has 0 unspecified atom stereocenters. The number of amidine groups is 1. The number of aliphatic carboxylic acids is 1. The molecular formula is C30H44F6N6O8. The van der Waals surface area contributed by atoms with Crippen molar-refractivity contribution in [2.75, 3.05) is 13.1 Å². The summed E-state index contributed by atoms with van der Waals surface area (Å²) in [5, 5.41) is 22.8. The molecule has 3 heterocycles. The Labute approximate surface area is 284 Å². The second kappa shape index (κ2) is 14.3. The average molecular weight is 731 g/mol. The Morgan fingerprint density at radius 2 is 1.36 bits per heavy atom. The minimum atomic E-state index is -4.39. The van der Waals surface area contributed by atoms with Crippen LogP contribution in [-0.4, -0.2) is 96.9 Å². The smallest absolute Gasteiger partial charge is 0.411 e. The van der Waals surface area contributed by atoms with Gasteiger partial charge in [-0.2, -0.15) is 31.3 Å². The maximum Gasteiger partial charge on any atom is 0.411 e. The number of alkyl halides is 6. The van der Waals surface area contributed by atoms with Gasteiger partial charge < -0.3 is 30.0 Å². The van der Waals surface area contributed by atoms with Gasteiger partial charge in [0.05, 0.1) is 0 Å². The van der Waals surface area contributed by atoms with E-state index in [0.717, 1.165) is 6.42 Å². The maximum atomic E-state index is 13.2. The monoisotopic (exact) mass is 730 g/mol. The van der Waals surface area contributed by atoms with E-state index >= 15 is 0 Å². The highest BCUT2D eigenvalue weighted by Crippen LogP contribution is 2.58. The summed E-state index contributed by atoms with van der Waals surface area (Å²) in [6, 6.07) is -1.26. The van der Waals surface area contributed by atoms with Crippen LogP contribution < -0.4 is 5.73 Å². The van der Waals surface area contributed by atoms with E-state index in [1.165, 1.54) is 9.80 Å². The van der Waals surface area contributed by atoms with E-state index < -0.39 is 70.5 Å². The number of nitrogens with zero attached hydrogens (tertiary/aromatic N) is 5. The summed E-state index contributed by atoms with van der Waals surface area (Å²) in [4.78, 5) is 41.4. The number of amides is 2. The van der Waals surface area contributed by atoms with Crippen LogP contribution in [0.5, 0.6) is 0 Å². The molecule has 4 aliphatic rings. The number of carboxylic acids is 1. The third-order valence-electron chi connectivity index (χ3n) is 8.38. The number of hydrogen-bond acceptors (Lipinski definition) is 10. The predicted octanol–water partition coefficient (Wildman–Crippen LogP) is 6.28. The second-order valence-electron chi connectivity index (χ2n) is 14.6. The zero-order valence-electron chi connectivity index (χ0n) is 28.7. The molecule has 0 spiro atoms. The topological polar surface area (TPSA) is 194 Å². The molecule has 0 radical (unpaired) electrons. The molecule has 20 heteroatoms. The summed E-state index contributed by atoms with van der Waals surface area (Å²) in [6.07, 6.45) is -7.58. The molecule has 2 saturated heterocycles. The number of carbonyl (C=O) groups is 3. The lowest BCUT2D eigenvalue weighted by Gasteiger charge is -2.27. The van der Waals surface area contributed by atoms with Gasteiger partial charge in [0.1, 0.15) is 34.1 Å². The molecule has 14 nitrogen and oxygen atoms in total. The number of nitrogens with two attached hydrogens (primary N) is 1. The lowest BCUT2D eigenvalue weighted by molar-refractivity contribution is -0.166. The number of ether oxygens (including phenoxy) is 2. The van der Waals surface area contributed by atoms with Crippen LogP contribution in [-0.2, 0) is 19.7 Å². The first-order valence-electron chi connectivity index (χ1n) is 16.0. The molecule has 4 fully saturated rings. The largest absolute Gasteiger partial charge is 0.480 e. The maximum absolute atomic E-state index is 13.2. The van der Waals surface area contributed by atoms with Crippen LogP contribution in [0.15, 0.2) is 9.68 Å². The molecule has 4 N–H and O–H groups in total. The summed E-state index contributed by atoms with van der Waals surface area (Å²) < 4.78 is 91.2. The molecule has 1 aromatic rings. The zero-order chi connectivity index (χ0) is 38.1. The highest BCUT2D eigenvalue weighted by atomic mass is 19.4. The molecule has 1 aromatic heterocycles. The Morgan fingerprint density at radius 3 is 1.76 bits per heavy atom. The normalized spacial score (nSPS) is 22.8. The zero-order valence-corrected chi connectivity index (χ0v) is 28.7. The number of oxime groups is 1. The van der Waals surface area contributed by atoms with Gasteiger partial charge in [-0.3, -0.25) is 9.80 Å². The molecule has 0 bridgehead atoms. The number of hydrogen-bond donors (Lipinski definition) is 3. The van der Waals surface area contributed by atoms with Gasteiger partial charge >= 0.3 is 30.5 Å². The van der Waals surface area contributed by atoms with Crippen LogP contribution in [0.1, 0.15) is 111 Å². The van der Waals surface area contributed by atoms with Crippen molar-refractivity contribution in [1.29, 1.82) is 0 Å². The van der Waals surface area contributed by atoms with Crippen LogP contribution in [0, 0.1) is 5.41 Å². The second-order valence-corrected chi connectivity index (χ2v) is 14.6. The minimum absolute atomic E-state index is 0.0318. The van der Waals surface area contributed by atoms with Gasteiger partial charge in [-0.25, -0.2) is 14.4 Å². The number of likely N-dealkylation sites (tertiary alicyclic amines) is 2. The molecule has 2 aliphatic carbocycles. The van der Waals surface area contributed by atoms with Gasteiger partial charge in [-0.1, -0.05) is 10.3 Å². The summed E-state index contributed by atoms with van der Waals surface area (Å²) in [6.45, 7) is 11.4. The molecule has 284 valence electrons. The molecule has 2 aliphatic heterocycles. The lowest BCUT2D eigenvalue weighted by atomic mass is 10.1. The van der Waals surface area contributed by atoms with E-state index in [0.29, 0.717) is 32.4 Å². The fraction of sp³-hybridized carbons (Fsp3) is 0.800. The number of halogens is 6. The van der Waals surface area contributed by atoms with E-state index in [1.54, 1.807) is 41.5 Å². The van der Waals surface area contributed by atoms with Crippen LogP contribution in [0.4, 0.5) is 35.9 Å².